The van der Waals surface area contributed by atoms with Gasteiger partial charge in [0.25, 0.3) is 0 Å². The lowest BCUT2D eigenvalue weighted by Gasteiger charge is -2.42. The van der Waals surface area contributed by atoms with Crippen molar-refractivity contribution in [3.8, 4) is 5.75 Å². The smallest absolute Gasteiger partial charge is 0.343 e. The van der Waals surface area contributed by atoms with Crippen LogP contribution in [0.1, 0.15) is 0 Å². The molecule has 14 atom stereocenters. The van der Waals surface area contributed by atoms with Crippen molar-refractivity contribution in [2.75, 3.05) is 19.8 Å². The predicted molar refractivity (Wildman–Crippen MR) is 128 cm³/mol. The number of rotatable bonds is 12. The van der Waals surface area contributed by atoms with Gasteiger partial charge in [-0.25, -0.2) is 4.79 Å². The number of carbonyl (C=O) groups is 1. The normalized spacial score (nSPS) is 37.1. The highest BCUT2D eigenvalue weighted by atomic mass is 16.7. The SMILES string of the molecule is O=C(Oc1ccccc1)[C@H](O)[C@@H](O)[C@H](O)[C@H](O)CO[C@H]1O[C@H](CO[C@H]2O[C@H](CO)[C@@H](O)[C@H](O)[C@H]2O)[C@@H](O)[C@H](O)[C@H]1O. The third kappa shape index (κ3) is 8.14. The Hall–Kier alpha value is -1.91. The average molecular weight is 597 g/mol. The van der Waals surface area contributed by atoms with Crippen LogP contribution in [0.3, 0.4) is 0 Å². The van der Waals surface area contributed by atoms with Gasteiger partial charge < -0.3 is 79.9 Å². The Morgan fingerprint density at radius 1 is 0.732 bits per heavy atom. The molecule has 0 bridgehead atoms. The van der Waals surface area contributed by atoms with E-state index in [4.69, 9.17) is 23.7 Å². The molecule has 2 aliphatic heterocycles. The fourth-order valence-corrected chi connectivity index (χ4v) is 4.10. The Kier molecular flexibility index (Phi) is 12.3. The van der Waals surface area contributed by atoms with E-state index < -0.39 is 112 Å². The van der Waals surface area contributed by atoms with E-state index in [0.29, 0.717) is 0 Å². The summed E-state index contributed by atoms with van der Waals surface area (Å²) in [5, 5.41) is 110. The van der Waals surface area contributed by atoms with Crippen molar-refractivity contribution in [1.29, 1.82) is 0 Å². The molecule has 2 saturated heterocycles. The number of carbonyl (C=O) groups excluding carboxylic acids is 1. The van der Waals surface area contributed by atoms with Crippen molar-refractivity contribution >= 4 is 5.97 Å². The summed E-state index contributed by atoms with van der Waals surface area (Å²) >= 11 is 0. The fourth-order valence-electron chi connectivity index (χ4n) is 4.10. The molecule has 11 N–H and O–H groups in total. The van der Waals surface area contributed by atoms with E-state index >= 15 is 0 Å². The number of para-hydroxylation sites is 1. The van der Waals surface area contributed by atoms with Gasteiger partial charge in [-0.15, -0.1) is 0 Å². The van der Waals surface area contributed by atoms with Gasteiger partial charge in [0.2, 0.25) is 0 Å². The molecular formula is C24H36O17. The molecule has 17 nitrogen and oxygen atoms in total. The second-order valence-electron chi connectivity index (χ2n) is 9.61. The van der Waals surface area contributed by atoms with Gasteiger partial charge >= 0.3 is 5.97 Å². The summed E-state index contributed by atoms with van der Waals surface area (Å²) < 4.78 is 25.9. The van der Waals surface area contributed by atoms with Gasteiger partial charge in [0.15, 0.2) is 18.7 Å². The second-order valence-corrected chi connectivity index (χ2v) is 9.61. The van der Waals surface area contributed by atoms with Crippen molar-refractivity contribution in [1.82, 2.24) is 0 Å². The van der Waals surface area contributed by atoms with Crippen molar-refractivity contribution in [2.45, 2.75) is 85.8 Å². The average Bonchev–Trinajstić information content (AvgIpc) is 2.97. The van der Waals surface area contributed by atoms with E-state index in [-0.39, 0.29) is 5.75 Å². The fraction of sp³-hybridized carbons (Fsp3) is 0.708. The van der Waals surface area contributed by atoms with Gasteiger partial charge in [-0.05, 0) is 12.1 Å². The van der Waals surface area contributed by atoms with E-state index in [1.165, 1.54) is 12.1 Å². The number of esters is 1. The Morgan fingerprint density at radius 2 is 1.27 bits per heavy atom. The van der Waals surface area contributed by atoms with Crippen LogP contribution in [0, 0.1) is 0 Å². The Bertz CT molecular complexity index is 936. The molecule has 41 heavy (non-hydrogen) atoms. The first-order valence-electron chi connectivity index (χ1n) is 12.6. The minimum Gasteiger partial charge on any atom is -0.425 e. The zero-order chi connectivity index (χ0) is 30.4. The number of ether oxygens (including phenoxy) is 5. The molecule has 0 aliphatic carbocycles. The maximum Gasteiger partial charge on any atom is 0.343 e. The summed E-state index contributed by atoms with van der Waals surface area (Å²) in [4.78, 5) is 12.1. The summed E-state index contributed by atoms with van der Waals surface area (Å²) in [5.74, 6) is -1.27. The molecule has 1 aromatic rings. The maximum absolute atomic E-state index is 12.1. The van der Waals surface area contributed by atoms with E-state index in [0.717, 1.165) is 0 Å². The maximum atomic E-state index is 12.1. The highest BCUT2D eigenvalue weighted by Gasteiger charge is 2.48. The minimum absolute atomic E-state index is 0.0522. The summed E-state index contributed by atoms with van der Waals surface area (Å²) in [5.41, 5.74) is 0. The summed E-state index contributed by atoms with van der Waals surface area (Å²) in [6.45, 7) is -2.22. The van der Waals surface area contributed by atoms with Crippen LogP contribution >= 0.6 is 0 Å². The van der Waals surface area contributed by atoms with Gasteiger partial charge in [0.05, 0.1) is 19.8 Å². The molecule has 2 fully saturated rings. The number of aliphatic hydroxyl groups is 11. The van der Waals surface area contributed by atoms with Crippen molar-refractivity contribution in [3.05, 3.63) is 30.3 Å². The van der Waals surface area contributed by atoms with Gasteiger partial charge in [0, 0.05) is 0 Å². The first-order chi connectivity index (χ1) is 19.4. The molecule has 0 radical (unpaired) electrons. The molecule has 0 amide bonds. The number of benzene rings is 1. The molecule has 2 aliphatic rings. The molecule has 234 valence electrons. The molecule has 1 aromatic carbocycles. The van der Waals surface area contributed by atoms with E-state index in [2.05, 4.69) is 0 Å². The molecule has 0 aromatic heterocycles. The third-order valence-electron chi connectivity index (χ3n) is 6.64. The van der Waals surface area contributed by atoms with Gasteiger partial charge in [-0.3, -0.25) is 0 Å². The van der Waals surface area contributed by atoms with Crippen molar-refractivity contribution in [2.24, 2.45) is 0 Å². The van der Waals surface area contributed by atoms with Gasteiger partial charge in [-0.2, -0.15) is 0 Å². The molecule has 2 heterocycles. The van der Waals surface area contributed by atoms with E-state index in [1.807, 2.05) is 0 Å². The van der Waals surface area contributed by atoms with Crippen molar-refractivity contribution < 1.29 is 84.7 Å². The predicted octanol–water partition coefficient (Wildman–Crippen LogP) is -6.32. The number of hydrogen-bond acceptors (Lipinski definition) is 17. The van der Waals surface area contributed by atoms with Crippen LogP contribution in [0.5, 0.6) is 5.75 Å². The molecule has 0 unspecified atom stereocenters. The van der Waals surface area contributed by atoms with Gasteiger partial charge in [-0.1, -0.05) is 18.2 Å². The number of aliphatic hydroxyl groups excluding tert-OH is 11. The topological polar surface area (TPSA) is 286 Å². The monoisotopic (exact) mass is 596 g/mol. The molecule has 3 rings (SSSR count). The minimum atomic E-state index is -2.27. The van der Waals surface area contributed by atoms with Crippen LogP contribution < -0.4 is 4.74 Å². The van der Waals surface area contributed by atoms with Gasteiger partial charge in [0.1, 0.15) is 72.9 Å². The summed E-state index contributed by atoms with van der Waals surface area (Å²) in [6.07, 6.45) is -25.4. The largest absolute Gasteiger partial charge is 0.425 e. The first-order valence-corrected chi connectivity index (χ1v) is 12.6. The highest BCUT2D eigenvalue weighted by Crippen LogP contribution is 2.26. The quantitative estimate of drug-likeness (QED) is 0.0790. The Labute approximate surface area is 232 Å². The summed E-state index contributed by atoms with van der Waals surface area (Å²) in [6, 6.07) is 7.54. The molecular weight excluding hydrogens is 560 g/mol. The van der Waals surface area contributed by atoms with Crippen molar-refractivity contribution in [3.63, 3.8) is 0 Å². The second kappa shape index (κ2) is 15.0. The Balaban J connectivity index is 1.53. The van der Waals surface area contributed by atoms with Crippen LogP contribution in [-0.4, -0.2) is 168 Å². The highest BCUT2D eigenvalue weighted by molar-refractivity contribution is 5.77. The van der Waals surface area contributed by atoms with E-state index in [9.17, 15) is 61.0 Å². The van der Waals surface area contributed by atoms with Crippen LogP contribution in [0.4, 0.5) is 0 Å². The van der Waals surface area contributed by atoms with Crippen LogP contribution in [0.2, 0.25) is 0 Å². The van der Waals surface area contributed by atoms with E-state index in [1.54, 1.807) is 18.2 Å². The lowest BCUT2D eigenvalue weighted by atomic mass is 9.98. The number of hydrogen-bond donors (Lipinski definition) is 11. The Morgan fingerprint density at radius 3 is 1.85 bits per heavy atom. The lowest BCUT2D eigenvalue weighted by Crippen LogP contribution is -2.62. The molecule has 0 saturated carbocycles. The standard InChI is InChI=1S/C24H36O17/c25-6-11-14(28)17(31)20(34)24(40-11)38-8-12-15(29)18(32)21(35)23(41-12)37-7-10(26)13(27)16(30)19(33)22(36)39-9-4-2-1-3-5-9/h1-5,10-21,23-35H,6-8H2/t10-,11-,12-,13-,14-,15-,16+,17+,18+,19-,20-,21-,23+,24+/m1/s1. The van der Waals surface area contributed by atoms with Crippen LogP contribution in [0.15, 0.2) is 30.3 Å². The lowest BCUT2D eigenvalue weighted by molar-refractivity contribution is -0.333. The molecule has 0 spiro atoms. The molecule has 17 heteroatoms. The zero-order valence-corrected chi connectivity index (χ0v) is 21.5. The van der Waals surface area contributed by atoms with Crippen LogP contribution in [0.25, 0.3) is 0 Å². The first kappa shape index (κ1) is 33.6. The van der Waals surface area contributed by atoms with Crippen LogP contribution in [-0.2, 0) is 23.7 Å². The summed E-state index contributed by atoms with van der Waals surface area (Å²) in [7, 11) is 0. The zero-order valence-electron chi connectivity index (χ0n) is 21.5. The third-order valence-corrected chi connectivity index (χ3v) is 6.64.